The maximum absolute atomic E-state index is 12.9. The average Bonchev–Trinajstić information content (AvgIpc) is 2.92. The van der Waals surface area contributed by atoms with E-state index in [1.807, 2.05) is 0 Å². The predicted molar refractivity (Wildman–Crippen MR) is 83.6 cm³/mol. The highest BCUT2D eigenvalue weighted by Crippen LogP contribution is 2.37. The topological polar surface area (TPSA) is 68.0 Å². The molecule has 0 bridgehead atoms. The number of amides is 1. The lowest BCUT2D eigenvalue weighted by Crippen LogP contribution is -2.32. The Morgan fingerprint density at radius 2 is 1.69 bits per heavy atom. The fourth-order valence-corrected chi connectivity index (χ4v) is 2.84. The zero-order valence-electron chi connectivity index (χ0n) is 13.2. The molecule has 4 nitrogen and oxygen atoms in total. The number of carbonyl (C=O) groups excluding carboxylic acids is 1. The number of benzene rings is 1. The molecule has 26 heavy (non-hydrogen) atoms. The van der Waals surface area contributed by atoms with E-state index in [9.17, 15) is 31.1 Å². The van der Waals surface area contributed by atoms with Crippen molar-refractivity contribution in [3.05, 3.63) is 46.0 Å². The van der Waals surface area contributed by atoms with Crippen molar-refractivity contribution in [2.24, 2.45) is 5.73 Å². The van der Waals surface area contributed by atoms with E-state index < -0.39 is 35.4 Å². The van der Waals surface area contributed by atoms with E-state index in [1.165, 1.54) is 13.1 Å². The Bertz CT molecular complexity index is 765. The van der Waals surface area contributed by atoms with Crippen molar-refractivity contribution in [2.75, 3.05) is 5.32 Å². The lowest BCUT2D eigenvalue weighted by atomic mass is 10.0. The Balaban J connectivity index is 2.29. The summed E-state index contributed by atoms with van der Waals surface area (Å²) in [5.41, 5.74) is 2.46. The van der Waals surface area contributed by atoms with Gasteiger partial charge in [-0.3, -0.25) is 4.79 Å². The smallest absolute Gasteiger partial charge is 0.320 e. The van der Waals surface area contributed by atoms with Crippen LogP contribution < -0.4 is 11.1 Å². The minimum absolute atomic E-state index is 0.0739. The third-order valence-corrected chi connectivity index (χ3v) is 4.14. The van der Waals surface area contributed by atoms with Gasteiger partial charge in [0.05, 0.1) is 17.2 Å². The number of rotatable bonds is 4. The van der Waals surface area contributed by atoms with E-state index in [1.54, 1.807) is 0 Å². The number of nitrogens with one attached hydrogen (secondary N) is 1. The van der Waals surface area contributed by atoms with Gasteiger partial charge in [0.25, 0.3) is 0 Å². The molecule has 0 aliphatic carbocycles. The number of hydrogen-bond acceptors (Lipinski definition) is 4. The molecule has 0 fully saturated rings. The first kappa shape index (κ1) is 20.2. The van der Waals surface area contributed by atoms with Gasteiger partial charge in [-0.2, -0.15) is 26.3 Å². The van der Waals surface area contributed by atoms with Gasteiger partial charge in [0.15, 0.2) is 5.13 Å². The van der Waals surface area contributed by atoms with Crippen LogP contribution in [0.1, 0.15) is 28.5 Å². The molecule has 1 aromatic heterocycles. The second-order valence-electron chi connectivity index (χ2n) is 5.50. The van der Waals surface area contributed by atoms with Crippen LogP contribution in [0, 0.1) is 0 Å². The number of nitrogens with two attached hydrogens (primary N) is 1. The largest absolute Gasteiger partial charge is 0.416 e. The van der Waals surface area contributed by atoms with Crippen molar-refractivity contribution >= 4 is 22.4 Å². The molecular formula is C15H13F6N3OS. The van der Waals surface area contributed by atoms with E-state index in [4.69, 9.17) is 5.73 Å². The van der Waals surface area contributed by atoms with Crippen molar-refractivity contribution in [3.63, 3.8) is 0 Å². The SMILES string of the molecule is C[C@H](N)C(=O)Nc1ncc(Cc2cc(C(F)(F)F)cc(C(F)(F)F)c2)s1. The quantitative estimate of drug-likeness (QED) is 0.765. The van der Waals surface area contributed by atoms with Gasteiger partial charge in [0.2, 0.25) is 5.91 Å². The van der Waals surface area contributed by atoms with E-state index in [2.05, 4.69) is 10.3 Å². The molecule has 0 spiro atoms. The third kappa shape index (κ3) is 5.18. The fraction of sp³-hybridized carbons (Fsp3) is 0.333. The van der Waals surface area contributed by atoms with Crippen molar-refractivity contribution < 1.29 is 31.1 Å². The number of hydrogen-bond donors (Lipinski definition) is 2. The number of halogens is 6. The van der Waals surface area contributed by atoms with Crippen LogP contribution >= 0.6 is 11.3 Å². The highest BCUT2D eigenvalue weighted by atomic mass is 32.1. The summed E-state index contributed by atoms with van der Waals surface area (Å²) in [4.78, 5) is 15.7. The predicted octanol–water partition coefficient (Wildman–Crippen LogP) is 4.06. The Kier molecular flexibility index (Phi) is 5.61. The summed E-state index contributed by atoms with van der Waals surface area (Å²) >= 11 is 0.939. The first-order valence-corrected chi connectivity index (χ1v) is 7.97. The molecule has 3 N–H and O–H groups in total. The molecule has 2 aromatic rings. The fourth-order valence-electron chi connectivity index (χ4n) is 1.99. The van der Waals surface area contributed by atoms with Gasteiger partial charge in [-0.1, -0.05) is 0 Å². The van der Waals surface area contributed by atoms with Crippen molar-refractivity contribution in [3.8, 4) is 0 Å². The van der Waals surface area contributed by atoms with Crippen LogP contribution in [-0.2, 0) is 23.6 Å². The van der Waals surface area contributed by atoms with Gasteiger partial charge in [0, 0.05) is 17.5 Å². The molecule has 1 amide bonds. The molecule has 0 saturated heterocycles. The molecule has 0 aliphatic rings. The summed E-state index contributed by atoms with van der Waals surface area (Å²) in [7, 11) is 0. The molecule has 142 valence electrons. The molecule has 0 aliphatic heterocycles. The zero-order chi connectivity index (χ0) is 19.7. The van der Waals surface area contributed by atoms with Gasteiger partial charge in [-0.25, -0.2) is 4.98 Å². The number of nitrogens with zero attached hydrogens (tertiary/aromatic N) is 1. The van der Waals surface area contributed by atoms with Gasteiger partial charge < -0.3 is 11.1 Å². The first-order chi connectivity index (χ1) is 11.9. The van der Waals surface area contributed by atoms with Gasteiger partial charge in [0.1, 0.15) is 0 Å². The summed E-state index contributed by atoms with van der Waals surface area (Å²) in [6.07, 6.45) is -8.73. The van der Waals surface area contributed by atoms with Crippen LogP contribution in [0.3, 0.4) is 0 Å². The van der Waals surface area contributed by atoms with Crippen LogP contribution in [0.2, 0.25) is 0 Å². The summed E-state index contributed by atoms with van der Waals surface area (Å²) in [6, 6.07) is 0.606. The van der Waals surface area contributed by atoms with E-state index in [0.717, 1.165) is 11.3 Å². The van der Waals surface area contributed by atoms with Crippen molar-refractivity contribution in [1.82, 2.24) is 4.98 Å². The maximum Gasteiger partial charge on any atom is 0.416 e. The standard InChI is InChI=1S/C15H13F6N3OS/c1-7(22)12(25)24-13-23-6-11(26-13)4-8-2-9(14(16,17)18)5-10(3-8)15(19,20)21/h2-3,5-7H,4,22H2,1H3,(H,23,24,25)/t7-/m0/s1. The summed E-state index contributed by atoms with van der Waals surface area (Å²) in [5, 5.41) is 2.56. The van der Waals surface area contributed by atoms with Gasteiger partial charge in [-0.15, -0.1) is 11.3 Å². The molecule has 11 heteroatoms. The number of thiazole rings is 1. The zero-order valence-corrected chi connectivity index (χ0v) is 14.0. The van der Waals surface area contributed by atoms with Gasteiger partial charge in [-0.05, 0) is 30.7 Å². The highest BCUT2D eigenvalue weighted by molar-refractivity contribution is 7.15. The van der Waals surface area contributed by atoms with Crippen LogP contribution in [0.25, 0.3) is 0 Å². The Hall–Kier alpha value is -2.14. The van der Waals surface area contributed by atoms with E-state index in [0.29, 0.717) is 17.0 Å². The molecular weight excluding hydrogens is 384 g/mol. The average molecular weight is 397 g/mol. The lowest BCUT2D eigenvalue weighted by Gasteiger charge is -2.13. The third-order valence-electron chi connectivity index (χ3n) is 3.22. The molecule has 0 unspecified atom stereocenters. The Morgan fingerprint density at radius 1 is 1.15 bits per heavy atom. The maximum atomic E-state index is 12.9. The lowest BCUT2D eigenvalue weighted by molar-refractivity contribution is -0.143. The minimum atomic E-state index is -4.90. The molecule has 1 atom stereocenters. The second kappa shape index (κ2) is 7.23. The van der Waals surface area contributed by atoms with E-state index in [-0.39, 0.29) is 23.2 Å². The van der Waals surface area contributed by atoms with Crippen LogP contribution in [0.15, 0.2) is 24.4 Å². The van der Waals surface area contributed by atoms with Crippen molar-refractivity contribution in [1.29, 1.82) is 0 Å². The van der Waals surface area contributed by atoms with Crippen LogP contribution in [0.5, 0.6) is 0 Å². The molecule has 2 rings (SSSR count). The summed E-state index contributed by atoms with van der Waals surface area (Å²) < 4.78 is 77.2. The number of aromatic nitrogens is 1. The molecule has 0 saturated carbocycles. The molecule has 1 heterocycles. The summed E-state index contributed by atoms with van der Waals surface area (Å²) in [5.74, 6) is -0.510. The van der Waals surface area contributed by atoms with Crippen LogP contribution in [0.4, 0.5) is 31.5 Å². The Labute approximate surface area is 148 Å². The normalized spacial score (nSPS) is 13.5. The molecule has 0 radical (unpaired) electrons. The highest BCUT2D eigenvalue weighted by Gasteiger charge is 2.36. The number of anilines is 1. The molecule has 1 aromatic carbocycles. The first-order valence-electron chi connectivity index (χ1n) is 7.16. The van der Waals surface area contributed by atoms with Gasteiger partial charge >= 0.3 is 12.4 Å². The van der Waals surface area contributed by atoms with E-state index >= 15 is 0 Å². The number of carbonyl (C=O) groups is 1. The number of alkyl halides is 6. The monoisotopic (exact) mass is 397 g/mol. The van der Waals surface area contributed by atoms with Crippen LogP contribution in [-0.4, -0.2) is 16.9 Å². The minimum Gasteiger partial charge on any atom is -0.320 e. The van der Waals surface area contributed by atoms with Crippen molar-refractivity contribution in [2.45, 2.75) is 31.7 Å². The Morgan fingerprint density at radius 3 is 2.15 bits per heavy atom. The summed E-state index contributed by atoms with van der Waals surface area (Å²) in [6.45, 7) is 1.45. The second-order valence-corrected chi connectivity index (χ2v) is 6.62.